The highest BCUT2D eigenvalue weighted by molar-refractivity contribution is 5.71. The standard InChI is InChI=1S/C12H14F2O3/c1-2-9(12(16)17)10(15)7-4-3-5-8(6-7)11(13)14/h3-6,9-11,15H,2H2,1H3,(H,16,17). The van der Waals surface area contributed by atoms with Crippen LogP contribution in [0.2, 0.25) is 0 Å². The Morgan fingerprint density at radius 3 is 2.41 bits per heavy atom. The van der Waals surface area contributed by atoms with Crippen LogP contribution in [0.5, 0.6) is 0 Å². The maximum atomic E-state index is 12.5. The van der Waals surface area contributed by atoms with E-state index < -0.39 is 24.4 Å². The molecule has 0 radical (unpaired) electrons. The lowest BCUT2D eigenvalue weighted by molar-refractivity contribution is -0.146. The van der Waals surface area contributed by atoms with Gasteiger partial charge >= 0.3 is 5.97 Å². The summed E-state index contributed by atoms with van der Waals surface area (Å²) in [6.45, 7) is 1.62. The third kappa shape index (κ3) is 3.23. The Hall–Kier alpha value is -1.49. The molecule has 17 heavy (non-hydrogen) atoms. The molecule has 0 aliphatic rings. The van der Waals surface area contributed by atoms with Gasteiger partial charge in [0.25, 0.3) is 6.43 Å². The van der Waals surface area contributed by atoms with Crippen molar-refractivity contribution < 1.29 is 23.8 Å². The third-order valence-electron chi connectivity index (χ3n) is 2.64. The highest BCUT2D eigenvalue weighted by atomic mass is 19.3. The van der Waals surface area contributed by atoms with E-state index in [0.717, 1.165) is 6.07 Å². The van der Waals surface area contributed by atoms with E-state index in [1.807, 2.05) is 0 Å². The Kier molecular flexibility index (Phi) is 4.57. The summed E-state index contributed by atoms with van der Waals surface area (Å²) in [7, 11) is 0. The highest BCUT2D eigenvalue weighted by Crippen LogP contribution is 2.28. The van der Waals surface area contributed by atoms with Crippen LogP contribution < -0.4 is 0 Å². The number of benzene rings is 1. The number of aliphatic carboxylic acids is 1. The number of halogens is 2. The number of carboxylic acid groups (broad SMARTS) is 1. The summed E-state index contributed by atoms with van der Waals surface area (Å²) in [6.07, 6.45) is -3.67. The van der Waals surface area contributed by atoms with Gasteiger partial charge in [-0.3, -0.25) is 4.79 Å². The summed E-state index contributed by atoms with van der Waals surface area (Å²) in [5.41, 5.74) is -0.0150. The molecule has 2 unspecified atom stereocenters. The first-order valence-electron chi connectivity index (χ1n) is 5.26. The van der Waals surface area contributed by atoms with E-state index in [2.05, 4.69) is 0 Å². The van der Waals surface area contributed by atoms with E-state index >= 15 is 0 Å². The summed E-state index contributed by atoms with van der Waals surface area (Å²) in [4.78, 5) is 10.9. The van der Waals surface area contributed by atoms with Crippen molar-refractivity contribution in [3.63, 3.8) is 0 Å². The molecule has 1 aromatic rings. The van der Waals surface area contributed by atoms with Crippen LogP contribution in [0.3, 0.4) is 0 Å². The summed E-state index contributed by atoms with van der Waals surface area (Å²) >= 11 is 0. The van der Waals surface area contributed by atoms with Crippen LogP contribution in [0.15, 0.2) is 24.3 Å². The van der Waals surface area contributed by atoms with Crippen LogP contribution >= 0.6 is 0 Å². The van der Waals surface area contributed by atoms with Gasteiger partial charge in [-0.15, -0.1) is 0 Å². The van der Waals surface area contributed by atoms with Gasteiger partial charge in [0.1, 0.15) is 0 Å². The number of alkyl halides is 2. The molecule has 1 rings (SSSR count). The van der Waals surface area contributed by atoms with Gasteiger partial charge in [-0.25, -0.2) is 8.78 Å². The third-order valence-corrected chi connectivity index (χ3v) is 2.64. The number of hydrogen-bond donors (Lipinski definition) is 2. The summed E-state index contributed by atoms with van der Waals surface area (Å²) in [5, 5.41) is 18.7. The molecule has 3 nitrogen and oxygen atoms in total. The fourth-order valence-corrected chi connectivity index (χ4v) is 1.64. The van der Waals surface area contributed by atoms with Gasteiger partial charge in [-0.2, -0.15) is 0 Å². The maximum absolute atomic E-state index is 12.5. The Morgan fingerprint density at radius 2 is 1.94 bits per heavy atom. The van der Waals surface area contributed by atoms with Crippen molar-refractivity contribution in [2.24, 2.45) is 5.92 Å². The summed E-state index contributed by atoms with van der Waals surface area (Å²) in [6, 6.07) is 5.21. The van der Waals surface area contributed by atoms with E-state index in [1.54, 1.807) is 6.92 Å². The number of aliphatic hydroxyl groups is 1. The van der Waals surface area contributed by atoms with Crippen molar-refractivity contribution >= 4 is 5.97 Å². The van der Waals surface area contributed by atoms with Gasteiger partial charge in [0.05, 0.1) is 12.0 Å². The Balaban J connectivity index is 2.98. The zero-order chi connectivity index (χ0) is 13.0. The second kappa shape index (κ2) is 5.72. The molecule has 5 heteroatoms. The predicted octanol–water partition coefficient (Wildman–Crippen LogP) is 2.77. The molecule has 0 heterocycles. The van der Waals surface area contributed by atoms with Crippen molar-refractivity contribution in [3.05, 3.63) is 35.4 Å². The highest BCUT2D eigenvalue weighted by Gasteiger charge is 2.26. The molecular weight excluding hydrogens is 230 g/mol. The molecule has 0 saturated carbocycles. The number of aliphatic hydroxyl groups excluding tert-OH is 1. The van der Waals surface area contributed by atoms with Gasteiger partial charge < -0.3 is 10.2 Å². The van der Waals surface area contributed by atoms with Gasteiger partial charge in [-0.05, 0) is 18.1 Å². The minimum Gasteiger partial charge on any atom is -0.481 e. The lowest BCUT2D eigenvalue weighted by atomic mass is 9.93. The largest absolute Gasteiger partial charge is 0.481 e. The Morgan fingerprint density at radius 1 is 1.35 bits per heavy atom. The number of carboxylic acids is 1. The van der Waals surface area contributed by atoms with Gasteiger partial charge in [0.2, 0.25) is 0 Å². The molecular formula is C12H14F2O3. The fraction of sp³-hybridized carbons (Fsp3) is 0.417. The van der Waals surface area contributed by atoms with Gasteiger partial charge in [-0.1, -0.05) is 25.1 Å². The van der Waals surface area contributed by atoms with Crippen molar-refractivity contribution in [2.75, 3.05) is 0 Å². The minimum atomic E-state index is -2.63. The molecule has 0 fully saturated rings. The first-order valence-corrected chi connectivity index (χ1v) is 5.26. The summed E-state index contributed by atoms with van der Waals surface area (Å²) in [5.74, 6) is -2.12. The first-order chi connectivity index (χ1) is 7.97. The summed E-state index contributed by atoms with van der Waals surface area (Å²) < 4.78 is 24.9. The SMILES string of the molecule is CCC(C(=O)O)C(O)c1cccc(C(F)F)c1. The number of rotatable bonds is 5. The van der Waals surface area contributed by atoms with E-state index in [-0.39, 0.29) is 17.5 Å². The Bertz CT molecular complexity index is 393. The lowest BCUT2D eigenvalue weighted by Crippen LogP contribution is -2.21. The fourth-order valence-electron chi connectivity index (χ4n) is 1.64. The molecule has 0 amide bonds. The predicted molar refractivity (Wildman–Crippen MR) is 57.8 cm³/mol. The van der Waals surface area contributed by atoms with Crippen LogP contribution in [0.4, 0.5) is 8.78 Å². The molecule has 2 N–H and O–H groups in total. The molecule has 2 atom stereocenters. The van der Waals surface area contributed by atoms with Crippen LogP contribution in [-0.4, -0.2) is 16.2 Å². The van der Waals surface area contributed by atoms with Crippen molar-refractivity contribution in [1.29, 1.82) is 0 Å². The van der Waals surface area contributed by atoms with Crippen LogP contribution in [0.1, 0.15) is 37.0 Å². The second-order valence-corrected chi connectivity index (χ2v) is 3.77. The topological polar surface area (TPSA) is 57.5 Å². The number of carbonyl (C=O) groups is 1. The van der Waals surface area contributed by atoms with Crippen molar-refractivity contribution in [3.8, 4) is 0 Å². The van der Waals surface area contributed by atoms with E-state index in [0.29, 0.717) is 0 Å². The monoisotopic (exact) mass is 244 g/mol. The van der Waals surface area contributed by atoms with E-state index in [4.69, 9.17) is 5.11 Å². The van der Waals surface area contributed by atoms with E-state index in [1.165, 1.54) is 18.2 Å². The van der Waals surface area contributed by atoms with Crippen LogP contribution in [0.25, 0.3) is 0 Å². The zero-order valence-corrected chi connectivity index (χ0v) is 9.31. The average Bonchev–Trinajstić information content (AvgIpc) is 2.29. The van der Waals surface area contributed by atoms with Crippen LogP contribution in [0, 0.1) is 5.92 Å². The number of hydrogen-bond acceptors (Lipinski definition) is 2. The first kappa shape index (κ1) is 13.6. The molecule has 0 aromatic heterocycles. The lowest BCUT2D eigenvalue weighted by Gasteiger charge is -2.18. The molecule has 94 valence electrons. The smallest absolute Gasteiger partial charge is 0.309 e. The van der Waals surface area contributed by atoms with Gasteiger partial charge in [0, 0.05) is 5.56 Å². The normalized spacial score (nSPS) is 14.6. The average molecular weight is 244 g/mol. The minimum absolute atomic E-state index is 0.206. The molecule has 1 aromatic carbocycles. The maximum Gasteiger partial charge on any atom is 0.309 e. The van der Waals surface area contributed by atoms with Crippen molar-refractivity contribution in [2.45, 2.75) is 25.9 Å². The molecule has 0 bridgehead atoms. The van der Waals surface area contributed by atoms with Crippen molar-refractivity contribution in [1.82, 2.24) is 0 Å². The zero-order valence-electron chi connectivity index (χ0n) is 9.31. The molecule has 0 aliphatic carbocycles. The second-order valence-electron chi connectivity index (χ2n) is 3.77. The molecule has 0 saturated heterocycles. The molecule has 0 aliphatic heterocycles. The quantitative estimate of drug-likeness (QED) is 0.837. The Labute approximate surface area is 97.7 Å². The van der Waals surface area contributed by atoms with E-state index in [9.17, 15) is 18.7 Å². The van der Waals surface area contributed by atoms with Crippen LogP contribution in [-0.2, 0) is 4.79 Å². The van der Waals surface area contributed by atoms with Gasteiger partial charge in [0.15, 0.2) is 0 Å². The molecule has 0 spiro atoms.